The summed E-state index contributed by atoms with van der Waals surface area (Å²) >= 11 is 5.87. The van der Waals surface area contributed by atoms with Crippen LogP contribution in [0.3, 0.4) is 0 Å². The Balaban J connectivity index is 2.39. The van der Waals surface area contributed by atoms with Gasteiger partial charge < -0.3 is 0 Å². The standard InChI is InChI=1S/C16H11ClFNO/c1-10-2-4-11(5-3-10)14(9-19)16(20)13-7-6-12(18)8-15(13)17/h2-8,14H,1H3. The number of nitriles is 1. The number of ketones is 1. The molecule has 2 rings (SSSR count). The zero-order valence-electron chi connectivity index (χ0n) is 10.7. The van der Waals surface area contributed by atoms with Crippen molar-refractivity contribution in [2.75, 3.05) is 0 Å². The highest BCUT2D eigenvalue weighted by atomic mass is 35.5. The molecular formula is C16H11ClFNO. The summed E-state index contributed by atoms with van der Waals surface area (Å²) in [6, 6.07) is 12.6. The van der Waals surface area contributed by atoms with Crippen LogP contribution in [0, 0.1) is 24.1 Å². The van der Waals surface area contributed by atoms with Gasteiger partial charge in [-0.05, 0) is 30.7 Å². The number of halogens is 2. The van der Waals surface area contributed by atoms with Crippen LogP contribution in [0.15, 0.2) is 42.5 Å². The Morgan fingerprint density at radius 3 is 2.45 bits per heavy atom. The molecule has 1 unspecified atom stereocenters. The number of benzene rings is 2. The zero-order valence-corrected chi connectivity index (χ0v) is 11.5. The van der Waals surface area contributed by atoms with Crippen molar-refractivity contribution >= 4 is 17.4 Å². The van der Waals surface area contributed by atoms with Crippen molar-refractivity contribution < 1.29 is 9.18 Å². The van der Waals surface area contributed by atoms with E-state index in [0.717, 1.165) is 17.7 Å². The molecule has 2 aromatic rings. The SMILES string of the molecule is Cc1ccc(C(C#N)C(=O)c2ccc(F)cc2Cl)cc1. The molecule has 0 spiro atoms. The second kappa shape index (κ2) is 5.85. The van der Waals surface area contributed by atoms with Gasteiger partial charge in [0.05, 0.1) is 11.1 Å². The summed E-state index contributed by atoms with van der Waals surface area (Å²) < 4.78 is 13.0. The molecule has 0 N–H and O–H groups in total. The van der Waals surface area contributed by atoms with Crippen molar-refractivity contribution in [1.29, 1.82) is 5.26 Å². The van der Waals surface area contributed by atoms with Crippen LogP contribution in [0.1, 0.15) is 27.4 Å². The summed E-state index contributed by atoms with van der Waals surface area (Å²) in [6.45, 7) is 1.92. The quantitative estimate of drug-likeness (QED) is 0.791. The molecule has 0 saturated carbocycles. The molecule has 0 aliphatic carbocycles. The fourth-order valence-electron chi connectivity index (χ4n) is 1.89. The second-order valence-corrected chi connectivity index (χ2v) is 4.87. The number of nitrogens with zero attached hydrogens (tertiary/aromatic N) is 1. The molecule has 1 atom stereocenters. The van der Waals surface area contributed by atoms with Gasteiger partial charge >= 0.3 is 0 Å². The molecular weight excluding hydrogens is 277 g/mol. The first-order valence-electron chi connectivity index (χ1n) is 5.98. The average molecular weight is 288 g/mol. The maximum Gasteiger partial charge on any atom is 0.185 e. The molecule has 2 aromatic carbocycles. The molecule has 0 aromatic heterocycles. The van der Waals surface area contributed by atoms with Gasteiger partial charge in [0.1, 0.15) is 11.7 Å². The number of carbonyl (C=O) groups excluding carboxylic acids is 1. The predicted octanol–water partition coefficient (Wildman–Crippen LogP) is 4.28. The van der Waals surface area contributed by atoms with Gasteiger partial charge in [-0.2, -0.15) is 5.26 Å². The van der Waals surface area contributed by atoms with E-state index in [2.05, 4.69) is 0 Å². The third-order valence-electron chi connectivity index (χ3n) is 3.00. The van der Waals surface area contributed by atoms with E-state index in [0.29, 0.717) is 5.56 Å². The van der Waals surface area contributed by atoms with E-state index in [1.807, 2.05) is 25.1 Å². The Kier molecular flexibility index (Phi) is 4.16. The van der Waals surface area contributed by atoms with E-state index >= 15 is 0 Å². The lowest BCUT2D eigenvalue weighted by Crippen LogP contribution is -2.12. The summed E-state index contributed by atoms with van der Waals surface area (Å²) in [5.74, 6) is -1.89. The summed E-state index contributed by atoms with van der Waals surface area (Å²) in [5, 5.41) is 9.25. The Bertz CT molecular complexity index is 689. The van der Waals surface area contributed by atoms with Crippen molar-refractivity contribution in [3.63, 3.8) is 0 Å². The highest BCUT2D eigenvalue weighted by Gasteiger charge is 2.23. The summed E-state index contributed by atoms with van der Waals surface area (Å²) in [7, 11) is 0. The number of Topliss-reactive ketones (excluding diaryl/α,β-unsaturated/α-hetero) is 1. The van der Waals surface area contributed by atoms with Gasteiger partial charge in [0.2, 0.25) is 0 Å². The fraction of sp³-hybridized carbons (Fsp3) is 0.125. The first-order chi connectivity index (χ1) is 9.52. The average Bonchev–Trinajstić information content (AvgIpc) is 2.41. The number of hydrogen-bond acceptors (Lipinski definition) is 2. The molecule has 4 heteroatoms. The minimum absolute atomic E-state index is 0.0161. The molecule has 0 aliphatic heterocycles. The molecule has 0 fully saturated rings. The maximum absolute atomic E-state index is 13.0. The zero-order chi connectivity index (χ0) is 14.7. The lowest BCUT2D eigenvalue weighted by molar-refractivity contribution is 0.0979. The lowest BCUT2D eigenvalue weighted by atomic mass is 9.91. The monoisotopic (exact) mass is 287 g/mol. The molecule has 0 aliphatic rings. The van der Waals surface area contributed by atoms with Gasteiger partial charge in [-0.1, -0.05) is 41.4 Å². The van der Waals surface area contributed by atoms with E-state index < -0.39 is 17.5 Å². The number of aryl methyl sites for hydroxylation is 1. The Labute approximate surface area is 121 Å². The molecule has 0 bridgehead atoms. The van der Waals surface area contributed by atoms with Gasteiger partial charge in [-0.15, -0.1) is 0 Å². The minimum atomic E-state index is -0.946. The molecule has 0 radical (unpaired) electrons. The van der Waals surface area contributed by atoms with Crippen LogP contribution in [0.25, 0.3) is 0 Å². The van der Waals surface area contributed by atoms with Crippen molar-refractivity contribution in [2.45, 2.75) is 12.8 Å². The predicted molar refractivity (Wildman–Crippen MR) is 75.3 cm³/mol. The first kappa shape index (κ1) is 14.2. The maximum atomic E-state index is 13.0. The van der Waals surface area contributed by atoms with Crippen LogP contribution >= 0.6 is 11.6 Å². The third kappa shape index (κ3) is 2.87. The Morgan fingerprint density at radius 1 is 1.25 bits per heavy atom. The van der Waals surface area contributed by atoms with E-state index in [9.17, 15) is 14.4 Å². The van der Waals surface area contributed by atoms with Crippen LogP contribution in [0.2, 0.25) is 5.02 Å². The van der Waals surface area contributed by atoms with Gasteiger partial charge in [-0.3, -0.25) is 4.79 Å². The van der Waals surface area contributed by atoms with Crippen molar-refractivity contribution in [1.82, 2.24) is 0 Å². The van der Waals surface area contributed by atoms with Crippen molar-refractivity contribution in [2.24, 2.45) is 0 Å². The molecule has 20 heavy (non-hydrogen) atoms. The fourth-order valence-corrected chi connectivity index (χ4v) is 2.15. The Morgan fingerprint density at radius 2 is 1.90 bits per heavy atom. The first-order valence-corrected chi connectivity index (χ1v) is 6.36. The van der Waals surface area contributed by atoms with Gasteiger partial charge in [0, 0.05) is 5.56 Å². The molecule has 0 saturated heterocycles. The van der Waals surface area contributed by atoms with Crippen molar-refractivity contribution in [3.05, 3.63) is 70.0 Å². The van der Waals surface area contributed by atoms with E-state index in [1.54, 1.807) is 12.1 Å². The Hall–Kier alpha value is -2.18. The van der Waals surface area contributed by atoms with E-state index in [1.165, 1.54) is 6.07 Å². The number of hydrogen-bond donors (Lipinski definition) is 0. The number of rotatable bonds is 3. The largest absolute Gasteiger partial charge is 0.292 e. The van der Waals surface area contributed by atoms with Crippen LogP contribution in [-0.4, -0.2) is 5.78 Å². The molecule has 100 valence electrons. The topological polar surface area (TPSA) is 40.9 Å². The smallest absolute Gasteiger partial charge is 0.185 e. The van der Waals surface area contributed by atoms with Crippen LogP contribution in [0.5, 0.6) is 0 Å². The van der Waals surface area contributed by atoms with Crippen LogP contribution < -0.4 is 0 Å². The summed E-state index contributed by atoms with van der Waals surface area (Å²) in [5.41, 5.74) is 1.79. The number of carbonyl (C=O) groups is 1. The van der Waals surface area contributed by atoms with Crippen LogP contribution in [0.4, 0.5) is 4.39 Å². The second-order valence-electron chi connectivity index (χ2n) is 4.46. The molecule has 2 nitrogen and oxygen atoms in total. The lowest BCUT2D eigenvalue weighted by Gasteiger charge is -2.10. The van der Waals surface area contributed by atoms with E-state index in [-0.39, 0.29) is 10.6 Å². The van der Waals surface area contributed by atoms with Crippen LogP contribution in [-0.2, 0) is 0 Å². The molecule has 0 heterocycles. The van der Waals surface area contributed by atoms with Crippen molar-refractivity contribution in [3.8, 4) is 6.07 Å². The third-order valence-corrected chi connectivity index (χ3v) is 3.31. The highest BCUT2D eigenvalue weighted by molar-refractivity contribution is 6.34. The van der Waals surface area contributed by atoms with E-state index in [4.69, 9.17) is 11.6 Å². The van der Waals surface area contributed by atoms with Gasteiger partial charge in [0.25, 0.3) is 0 Å². The highest BCUT2D eigenvalue weighted by Crippen LogP contribution is 2.25. The summed E-state index contributed by atoms with van der Waals surface area (Å²) in [6.07, 6.45) is 0. The summed E-state index contributed by atoms with van der Waals surface area (Å²) in [4.78, 5) is 12.4. The van der Waals surface area contributed by atoms with Gasteiger partial charge in [-0.25, -0.2) is 4.39 Å². The molecule has 0 amide bonds. The normalized spacial score (nSPS) is 11.7. The minimum Gasteiger partial charge on any atom is -0.292 e. The van der Waals surface area contributed by atoms with Gasteiger partial charge in [0.15, 0.2) is 5.78 Å².